The summed E-state index contributed by atoms with van der Waals surface area (Å²) >= 11 is 0. The highest BCUT2D eigenvalue weighted by Crippen LogP contribution is 2.17. The molecule has 1 aliphatic rings. The zero-order valence-electron chi connectivity index (χ0n) is 11.2. The van der Waals surface area contributed by atoms with Crippen LogP contribution < -0.4 is 5.48 Å². The molecule has 0 unspecified atom stereocenters. The summed E-state index contributed by atoms with van der Waals surface area (Å²) in [7, 11) is -2.12. The topological polar surface area (TPSA) is 79.0 Å². The van der Waals surface area contributed by atoms with E-state index in [0.717, 1.165) is 0 Å². The minimum Gasteiger partial charge on any atom is -0.320 e. The molecule has 8 heteroatoms. The second kappa shape index (κ2) is 6.21. The molecule has 1 fully saturated rings. The van der Waals surface area contributed by atoms with Crippen molar-refractivity contribution >= 4 is 16.1 Å². The Morgan fingerprint density at radius 1 is 1.15 bits per heavy atom. The van der Waals surface area contributed by atoms with Crippen molar-refractivity contribution in [1.82, 2.24) is 14.7 Å². The Bertz CT molecular complexity index is 553. The standard InChI is InChI=1S/C12H17N3O4S/c1-19-13-12(16)14-7-9-15(10-8-14)20(17,18)11-5-3-2-4-6-11/h2-6H,7-10H2,1H3,(H,13,16). The molecule has 7 nitrogen and oxygen atoms in total. The average molecular weight is 299 g/mol. The van der Waals surface area contributed by atoms with Gasteiger partial charge in [-0.15, -0.1) is 0 Å². The molecule has 0 aliphatic carbocycles. The summed E-state index contributed by atoms with van der Waals surface area (Å²) in [5.41, 5.74) is 2.22. The fourth-order valence-corrected chi connectivity index (χ4v) is 3.47. The largest absolute Gasteiger partial charge is 0.341 e. The molecule has 2 amide bonds. The van der Waals surface area contributed by atoms with Crippen molar-refractivity contribution in [2.24, 2.45) is 0 Å². The van der Waals surface area contributed by atoms with E-state index in [4.69, 9.17) is 0 Å². The molecule has 1 aromatic carbocycles. The van der Waals surface area contributed by atoms with E-state index >= 15 is 0 Å². The van der Waals surface area contributed by atoms with Crippen molar-refractivity contribution in [3.8, 4) is 0 Å². The fraction of sp³-hybridized carbons (Fsp3) is 0.417. The first-order chi connectivity index (χ1) is 9.55. The number of nitrogens with zero attached hydrogens (tertiary/aromatic N) is 2. The van der Waals surface area contributed by atoms with Crippen molar-refractivity contribution in [3.63, 3.8) is 0 Å². The number of nitrogens with one attached hydrogen (secondary N) is 1. The van der Waals surface area contributed by atoms with Gasteiger partial charge in [0.25, 0.3) is 0 Å². The number of urea groups is 1. The highest BCUT2D eigenvalue weighted by molar-refractivity contribution is 7.89. The summed E-state index contributed by atoms with van der Waals surface area (Å²) in [5, 5.41) is 0. The van der Waals surface area contributed by atoms with Crippen LogP contribution in [0.1, 0.15) is 0 Å². The summed E-state index contributed by atoms with van der Waals surface area (Å²) in [5.74, 6) is 0. The number of piperazine rings is 1. The van der Waals surface area contributed by atoms with Crippen LogP contribution in [0.3, 0.4) is 0 Å². The summed E-state index contributed by atoms with van der Waals surface area (Å²) in [4.78, 5) is 17.9. The zero-order valence-corrected chi connectivity index (χ0v) is 12.0. The summed E-state index contributed by atoms with van der Waals surface area (Å²) in [6.07, 6.45) is 0. The maximum absolute atomic E-state index is 12.4. The minimum atomic E-state index is -3.48. The van der Waals surface area contributed by atoms with E-state index < -0.39 is 10.0 Å². The van der Waals surface area contributed by atoms with E-state index in [-0.39, 0.29) is 24.0 Å². The van der Waals surface area contributed by atoms with Crippen LogP contribution in [0.25, 0.3) is 0 Å². The van der Waals surface area contributed by atoms with Crippen molar-refractivity contribution in [2.75, 3.05) is 33.3 Å². The molecule has 2 rings (SSSR count). The van der Waals surface area contributed by atoms with Gasteiger partial charge in [-0.05, 0) is 12.1 Å². The smallest absolute Gasteiger partial charge is 0.320 e. The molecule has 1 heterocycles. The molecule has 1 aromatic rings. The Labute approximate surface area is 118 Å². The summed E-state index contributed by atoms with van der Waals surface area (Å²) in [6.45, 7) is 1.21. The number of amides is 2. The molecule has 0 atom stereocenters. The van der Waals surface area contributed by atoms with E-state index in [1.807, 2.05) is 0 Å². The van der Waals surface area contributed by atoms with E-state index in [0.29, 0.717) is 13.1 Å². The van der Waals surface area contributed by atoms with Gasteiger partial charge in [-0.25, -0.2) is 18.7 Å². The van der Waals surface area contributed by atoms with Gasteiger partial charge in [0.2, 0.25) is 10.0 Å². The van der Waals surface area contributed by atoms with E-state index in [1.165, 1.54) is 16.3 Å². The number of hydrogen-bond acceptors (Lipinski definition) is 4. The van der Waals surface area contributed by atoms with Gasteiger partial charge in [0, 0.05) is 26.2 Å². The highest BCUT2D eigenvalue weighted by Gasteiger charge is 2.29. The fourth-order valence-electron chi connectivity index (χ4n) is 2.02. The Morgan fingerprint density at radius 2 is 1.75 bits per heavy atom. The Hall–Kier alpha value is -1.64. The number of carbonyl (C=O) groups is 1. The lowest BCUT2D eigenvalue weighted by Crippen LogP contribution is -2.52. The van der Waals surface area contributed by atoms with Crippen LogP contribution in [-0.2, 0) is 14.9 Å². The van der Waals surface area contributed by atoms with Crippen molar-refractivity contribution in [1.29, 1.82) is 0 Å². The molecule has 0 bridgehead atoms. The molecular weight excluding hydrogens is 282 g/mol. The average Bonchev–Trinajstić information content (AvgIpc) is 2.48. The summed E-state index contributed by atoms with van der Waals surface area (Å²) < 4.78 is 26.1. The number of carbonyl (C=O) groups excluding carboxylic acids is 1. The van der Waals surface area contributed by atoms with Crippen LogP contribution >= 0.6 is 0 Å². The van der Waals surface area contributed by atoms with Gasteiger partial charge in [-0.1, -0.05) is 18.2 Å². The number of rotatable bonds is 3. The molecular formula is C12H17N3O4S. The molecule has 0 radical (unpaired) electrons. The van der Waals surface area contributed by atoms with Gasteiger partial charge in [-0.3, -0.25) is 4.84 Å². The molecule has 1 aliphatic heterocycles. The first kappa shape index (κ1) is 14.8. The highest BCUT2D eigenvalue weighted by atomic mass is 32.2. The van der Waals surface area contributed by atoms with Gasteiger partial charge in [0.15, 0.2) is 0 Å². The van der Waals surface area contributed by atoms with Gasteiger partial charge in [-0.2, -0.15) is 4.31 Å². The third kappa shape index (κ3) is 3.09. The molecule has 110 valence electrons. The number of hydrogen-bond donors (Lipinski definition) is 1. The van der Waals surface area contributed by atoms with Crippen LogP contribution in [0.4, 0.5) is 4.79 Å². The maximum atomic E-state index is 12.4. The normalized spacial score (nSPS) is 16.9. The Morgan fingerprint density at radius 3 is 2.30 bits per heavy atom. The van der Waals surface area contributed by atoms with Crippen molar-refractivity contribution in [3.05, 3.63) is 30.3 Å². The predicted octanol–water partition coefficient (Wildman–Crippen LogP) is 0.264. The van der Waals surface area contributed by atoms with Crippen LogP contribution in [0.5, 0.6) is 0 Å². The Balaban J connectivity index is 2.02. The predicted molar refractivity (Wildman–Crippen MR) is 72.3 cm³/mol. The first-order valence-corrected chi connectivity index (χ1v) is 7.63. The maximum Gasteiger partial charge on any atom is 0.341 e. The molecule has 1 saturated heterocycles. The third-order valence-electron chi connectivity index (χ3n) is 3.10. The first-order valence-electron chi connectivity index (χ1n) is 6.19. The SMILES string of the molecule is CONC(=O)N1CCN(S(=O)(=O)c2ccccc2)CC1. The Kier molecular flexibility index (Phi) is 4.58. The second-order valence-electron chi connectivity index (χ2n) is 4.32. The lowest BCUT2D eigenvalue weighted by molar-refractivity contribution is 0.0800. The monoisotopic (exact) mass is 299 g/mol. The van der Waals surface area contributed by atoms with Crippen molar-refractivity contribution in [2.45, 2.75) is 4.90 Å². The number of hydroxylamine groups is 1. The van der Waals surface area contributed by atoms with Gasteiger partial charge in [0.05, 0.1) is 12.0 Å². The van der Waals surface area contributed by atoms with Crippen LogP contribution in [0.15, 0.2) is 35.2 Å². The van der Waals surface area contributed by atoms with Crippen LogP contribution in [-0.4, -0.2) is 56.9 Å². The van der Waals surface area contributed by atoms with Gasteiger partial charge < -0.3 is 4.90 Å². The number of sulfonamides is 1. The quantitative estimate of drug-likeness (QED) is 0.812. The lowest BCUT2D eigenvalue weighted by Gasteiger charge is -2.33. The summed E-state index contributed by atoms with van der Waals surface area (Å²) in [6, 6.07) is 7.93. The van der Waals surface area contributed by atoms with E-state index in [2.05, 4.69) is 10.3 Å². The lowest BCUT2D eigenvalue weighted by atomic mass is 10.4. The minimum absolute atomic E-state index is 0.272. The second-order valence-corrected chi connectivity index (χ2v) is 6.25. The molecule has 0 spiro atoms. The van der Waals surface area contributed by atoms with E-state index in [9.17, 15) is 13.2 Å². The van der Waals surface area contributed by atoms with Crippen molar-refractivity contribution < 1.29 is 18.0 Å². The van der Waals surface area contributed by atoms with Gasteiger partial charge >= 0.3 is 6.03 Å². The van der Waals surface area contributed by atoms with Gasteiger partial charge in [0.1, 0.15) is 0 Å². The molecule has 0 saturated carbocycles. The van der Waals surface area contributed by atoms with Crippen LogP contribution in [0, 0.1) is 0 Å². The number of benzene rings is 1. The molecule has 1 N–H and O–H groups in total. The third-order valence-corrected chi connectivity index (χ3v) is 5.01. The molecule has 20 heavy (non-hydrogen) atoms. The molecule has 0 aromatic heterocycles. The van der Waals surface area contributed by atoms with E-state index in [1.54, 1.807) is 30.3 Å². The zero-order chi connectivity index (χ0) is 14.6. The van der Waals surface area contributed by atoms with Crippen LogP contribution in [0.2, 0.25) is 0 Å².